The first-order valence-corrected chi connectivity index (χ1v) is 18.6. The molecule has 44 heavy (non-hydrogen) atoms. The minimum Gasteiger partial charge on any atom is -0.432 e. The van der Waals surface area contributed by atoms with Crippen molar-refractivity contribution in [2.75, 3.05) is 23.4 Å². The topological polar surface area (TPSA) is 142 Å². The molecule has 3 aliphatic rings. The van der Waals surface area contributed by atoms with Gasteiger partial charge < -0.3 is 30.2 Å². The number of benzene rings is 2. The van der Waals surface area contributed by atoms with Crippen LogP contribution >= 0.6 is 0 Å². The van der Waals surface area contributed by atoms with Gasteiger partial charge in [-0.25, -0.2) is 0 Å². The molecule has 2 saturated heterocycles. The Kier molecular flexibility index (Phi) is 8.46. The molecule has 2 fully saturated rings. The summed E-state index contributed by atoms with van der Waals surface area (Å²) in [7, 11) is -2.79. The maximum Gasteiger partial charge on any atom is 0.264 e. The summed E-state index contributed by atoms with van der Waals surface area (Å²) in [6.45, 7) is 7.56. The fourth-order valence-corrected chi connectivity index (χ4v) is 10.1. The average Bonchev–Trinajstić information content (AvgIpc) is 3.77. The van der Waals surface area contributed by atoms with Crippen LogP contribution in [0, 0.1) is 5.92 Å². The molecule has 0 aliphatic carbocycles. The standard InChI is InChI=1S/C32H42N6O5Si/c1-21-29(44(2,3)42)28(13-16-37-20-24(14-17-39)35-36-37)43-32(21)25-10-4-5-12-27(25)38(31(32)41)19-22-8-6-9-23(18-22)34-30(40)26-11-7-15-33-26/h4-6,8-10,12,18,20-21,26,28-29,33,39,42H,7,11,13-17,19H2,1-3H3,(H,34,40)/t21-,26+,28+,29-,32+/m0/s1. The van der Waals surface area contributed by atoms with Crippen LogP contribution in [-0.4, -0.2) is 70.3 Å². The van der Waals surface area contributed by atoms with E-state index in [1.165, 1.54) is 0 Å². The molecule has 5 atom stereocenters. The second kappa shape index (κ2) is 12.2. The van der Waals surface area contributed by atoms with E-state index >= 15 is 0 Å². The van der Waals surface area contributed by atoms with Gasteiger partial charge in [-0.1, -0.05) is 42.5 Å². The van der Waals surface area contributed by atoms with Crippen LogP contribution in [0.3, 0.4) is 0 Å². The van der Waals surface area contributed by atoms with Gasteiger partial charge in [-0.15, -0.1) is 5.10 Å². The van der Waals surface area contributed by atoms with Crippen LogP contribution in [0.1, 0.15) is 43.0 Å². The summed E-state index contributed by atoms with van der Waals surface area (Å²) in [5, 5.41) is 23.8. The lowest BCUT2D eigenvalue weighted by molar-refractivity contribution is -0.146. The number of anilines is 2. The molecule has 6 rings (SSSR count). The minimum absolute atomic E-state index is 0.00569. The number of carbonyl (C=O) groups is 2. The molecule has 4 heterocycles. The molecule has 3 aliphatic heterocycles. The molecule has 0 radical (unpaired) electrons. The van der Waals surface area contributed by atoms with Gasteiger partial charge in [0.25, 0.3) is 5.91 Å². The molecule has 0 saturated carbocycles. The number of amides is 2. The average molecular weight is 619 g/mol. The molecule has 0 unspecified atom stereocenters. The van der Waals surface area contributed by atoms with E-state index in [9.17, 15) is 19.5 Å². The maximum atomic E-state index is 14.6. The number of ether oxygens (including phenoxy) is 1. The fourth-order valence-electron chi connectivity index (χ4n) is 7.46. The first-order valence-electron chi connectivity index (χ1n) is 15.6. The molecule has 4 N–H and O–H groups in total. The first-order chi connectivity index (χ1) is 21.1. The Labute approximate surface area is 258 Å². The van der Waals surface area contributed by atoms with E-state index in [2.05, 4.69) is 20.9 Å². The molecular weight excluding hydrogens is 576 g/mol. The number of rotatable bonds is 10. The van der Waals surface area contributed by atoms with Gasteiger partial charge in [0.2, 0.25) is 5.91 Å². The Morgan fingerprint density at radius 1 is 1.23 bits per heavy atom. The predicted octanol–water partition coefficient (Wildman–Crippen LogP) is 2.94. The summed E-state index contributed by atoms with van der Waals surface area (Å²) in [6, 6.07) is 15.2. The quantitative estimate of drug-likeness (QED) is 0.254. The van der Waals surface area contributed by atoms with Crippen molar-refractivity contribution in [2.24, 2.45) is 5.92 Å². The zero-order valence-corrected chi connectivity index (χ0v) is 26.6. The molecule has 1 aromatic heterocycles. The minimum atomic E-state index is -2.79. The number of para-hydroxylation sites is 1. The number of carbonyl (C=O) groups excluding carboxylic acids is 2. The van der Waals surface area contributed by atoms with Gasteiger partial charge in [-0.2, -0.15) is 0 Å². The van der Waals surface area contributed by atoms with Crippen LogP contribution in [0.2, 0.25) is 18.6 Å². The third-order valence-electron chi connectivity index (χ3n) is 9.40. The zero-order valence-electron chi connectivity index (χ0n) is 25.6. The molecule has 11 nitrogen and oxygen atoms in total. The molecule has 12 heteroatoms. The van der Waals surface area contributed by atoms with Gasteiger partial charge in [-0.05, 0) is 62.7 Å². The molecule has 2 amide bonds. The van der Waals surface area contributed by atoms with E-state index in [0.717, 1.165) is 36.2 Å². The highest BCUT2D eigenvalue weighted by Gasteiger charge is 2.66. The molecule has 234 valence electrons. The number of fused-ring (bicyclic) bond motifs is 2. The van der Waals surface area contributed by atoms with Crippen molar-refractivity contribution in [3.8, 4) is 0 Å². The number of hydrogen-bond donors (Lipinski definition) is 4. The highest BCUT2D eigenvalue weighted by atomic mass is 28.4. The van der Waals surface area contributed by atoms with Gasteiger partial charge in [0.1, 0.15) is 0 Å². The smallest absolute Gasteiger partial charge is 0.264 e. The van der Waals surface area contributed by atoms with Crippen LogP contribution in [0.15, 0.2) is 54.7 Å². The van der Waals surface area contributed by atoms with Crippen LogP contribution in [0.5, 0.6) is 0 Å². The summed E-state index contributed by atoms with van der Waals surface area (Å²) in [4.78, 5) is 40.6. The van der Waals surface area contributed by atoms with Crippen molar-refractivity contribution in [3.63, 3.8) is 0 Å². The fraction of sp³-hybridized carbons (Fsp3) is 0.500. The zero-order chi connectivity index (χ0) is 31.1. The Morgan fingerprint density at radius 3 is 2.80 bits per heavy atom. The lowest BCUT2D eigenvalue weighted by atomic mass is 9.82. The summed E-state index contributed by atoms with van der Waals surface area (Å²) >= 11 is 0. The second-order valence-corrected chi connectivity index (χ2v) is 16.8. The third kappa shape index (κ3) is 5.61. The van der Waals surface area contributed by atoms with Gasteiger partial charge >= 0.3 is 0 Å². The van der Waals surface area contributed by atoms with Gasteiger partial charge in [-0.3, -0.25) is 14.3 Å². The van der Waals surface area contributed by atoms with E-state index in [4.69, 9.17) is 4.74 Å². The normalized spacial score (nSPS) is 26.5. The summed E-state index contributed by atoms with van der Waals surface area (Å²) in [6.07, 6.45) is 4.27. The largest absolute Gasteiger partial charge is 0.432 e. The van der Waals surface area contributed by atoms with E-state index in [0.29, 0.717) is 37.3 Å². The van der Waals surface area contributed by atoms with Gasteiger partial charge in [0.15, 0.2) is 13.9 Å². The second-order valence-electron chi connectivity index (χ2n) is 12.8. The third-order valence-corrected chi connectivity index (χ3v) is 11.9. The molecule has 0 bridgehead atoms. The van der Waals surface area contributed by atoms with Crippen molar-refractivity contribution in [1.82, 2.24) is 20.3 Å². The van der Waals surface area contributed by atoms with Crippen molar-refractivity contribution in [1.29, 1.82) is 0 Å². The van der Waals surface area contributed by atoms with E-state index < -0.39 is 13.9 Å². The number of nitrogens with zero attached hydrogens (tertiary/aromatic N) is 4. The lowest BCUT2D eigenvalue weighted by Gasteiger charge is -2.32. The van der Waals surface area contributed by atoms with E-state index in [-0.39, 0.29) is 42.0 Å². The maximum absolute atomic E-state index is 14.6. The van der Waals surface area contributed by atoms with Gasteiger partial charge in [0.05, 0.1) is 30.1 Å². The Hall–Kier alpha value is -3.42. The summed E-state index contributed by atoms with van der Waals surface area (Å²) in [5.41, 5.74) is 2.52. The summed E-state index contributed by atoms with van der Waals surface area (Å²) < 4.78 is 8.63. The Balaban J connectivity index is 1.26. The lowest BCUT2D eigenvalue weighted by Crippen LogP contribution is -2.46. The summed E-state index contributed by atoms with van der Waals surface area (Å²) in [5.74, 6) is -0.437. The van der Waals surface area contributed by atoms with Crippen LogP contribution in [-0.2, 0) is 39.4 Å². The highest BCUT2D eigenvalue weighted by Crippen LogP contribution is 2.59. The molecule has 2 aromatic carbocycles. The number of hydrogen-bond acceptors (Lipinski definition) is 8. The Bertz CT molecular complexity index is 1520. The van der Waals surface area contributed by atoms with E-state index in [1.807, 2.05) is 74.7 Å². The highest BCUT2D eigenvalue weighted by molar-refractivity contribution is 6.71. The van der Waals surface area contributed by atoms with Crippen LogP contribution in [0.25, 0.3) is 0 Å². The number of aromatic nitrogens is 3. The van der Waals surface area contributed by atoms with Gasteiger partial charge in [0, 0.05) is 48.5 Å². The van der Waals surface area contributed by atoms with E-state index in [1.54, 1.807) is 9.58 Å². The SMILES string of the molecule is C[C@H]1[C@H]([Si](C)(C)O)[C@@H](CCn2cc(CCO)nn2)O[C@]12C(=O)N(Cc1cccc(NC(=O)[C@H]3CCCN3)c1)c1ccccc12. The first kappa shape index (κ1) is 30.6. The molecule has 3 aromatic rings. The van der Waals surface area contributed by atoms with Crippen molar-refractivity contribution < 1.29 is 24.2 Å². The van der Waals surface area contributed by atoms with Crippen LogP contribution < -0.4 is 15.5 Å². The molecular formula is C32H42N6O5Si. The number of nitrogens with one attached hydrogen (secondary N) is 2. The monoisotopic (exact) mass is 618 g/mol. The molecule has 1 spiro atoms. The van der Waals surface area contributed by atoms with Crippen molar-refractivity contribution in [3.05, 3.63) is 71.5 Å². The van der Waals surface area contributed by atoms with Crippen molar-refractivity contribution in [2.45, 2.75) is 82.1 Å². The Morgan fingerprint density at radius 2 is 2.05 bits per heavy atom. The predicted molar refractivity (Wildman–Crippen MR) is 168 cm³/mol. The number of aryl methyl sites for hydroxylation is 1. The van der Waals surface area contributed by atoms with Crippen molar-refractivity contribution >= 4 is 31.5 Å². The van der Waals surface area contributed by atoms with Crippen LogP contribution in [0.4, 0.5) is 11.4 Å². The number of aliphatic hydroxyl groups excluding tert-OH is 1. The number of aliphatic hydroxyl groups is 1.